The minimum atomic E-state index is -4.33. The summed E-state index contributed by atoms with van der Waals surface area (Å²) in [4.78, 5) is 14.5. The lowest BCUT2D eigenvalue weighted by molar-refractivity contribution is -0.128. The van der Waals surface area contributed by atoms with Gasteiger partial charge in [-0.3, -0.25) is 4.79 Å². The first-order valence-corrected chi connectivity index (χ1v) is 10.8. The Labute approximate surface area is 180 Å². The molecule has 30 heavy (non-hydrogen) atoms. The van der Waals surface area contributed by atoms with E-state index in [0.29, 0.717) is 4.34 Å². The average Bonchev–Trinajstić information content (AvgIpc) is 3.20. The molecule has 3 aromatic rings. The molecule has 0 saturated heterocycles. The molecule has 1 N–H and O–H groups in total. The van der Waals surface area contributed by atoms with Crippen molar-refractivity contribution in [2.45, 2.75) is 16.6 Å². The minimum Gasteiger partial charge on any atom is -0.351 e. The molecule has 0 bridgehead atoms. The largest absolute Gasteiger partial charge is 0.405 e. The van der Waals surface area contributed by atoms with Gasteiger partial charge >= 0.3 is 6.18 Å². The normalized spacial score (nSPS) is 11.5. The van der Waals surface area contributed by atoms with Gasteiger partial charge in [-0.1, -0.05) is 83.8 Å². The fourth-order valence-electron chi connectivity index (χ4n) is 2.79. The third-order valence-electron chi connectivity index (χ3n) is 4.18. The minimum absolute atomic E-state index is 0.0714. The third kappa shape index (κ3) is 6.20. The summed E-state index contributed by atoms with van der Waals surface area (Å²) in [6.07, 6.45) is -4.33. The van der Waals surface area contributed by atoms with Crippen LogP contribution in [0.15, 0.2) is 65.0 Å². The summed E-state index contributed by atoms with van der Waals surface area (Å²) >= 11 is 2.14. The van der Waals surface area contributed by atoms with E-state index >= 15 is 0 Å². The molecule has 158 valence electrons. The second-order valence-electron chi connectivity index (χ2n) is 6.36. The molecule has 5 nitrogen and oxygen atoms in total. The molecule has 0 aliphatic carbocycles. The first-order valence-electron chi connectivity index (χ1n) is 8.96. The number of hydrogen-bond acceptors (Lipinski definition) is 6. The molecular weight excluding hydrogens is 433 g/mol. The maximum absolute atomic E-state index is 12.9. The maximum atomic E-state index is 12.9. The molecule has 1 amide bonds. The summed E-state index contributed by atoms with van der Waals surface area (Å²) in [6, 6.07) is 19.2. The number of rotatable bonds is 8. The lowest BCUT2D eigenvalue weighted by Gasteiger charge is -2.29. The predicted molar refractivity (Wildman–Crippen MR) is 113 cm³/mol. The zero-order valence-electron chi connectivity index (χ0n) is 16.0. The van der Waals surface area contributed by atoms with Crippen LogP contribution in [0.3, 0.4) is 0 Å². The number of carbonyl (C=O) groups excluding carboxylic acids is 1. The van der Waals surface area contributed by atoms with Gasteiger partial charge in [-0.15, -0.1) is 10.2 Å². The van der Waals surface area contributed by atoms with E-state index in [-0.39, 0.29) is 22.8 Å². The van der Waals surface area contributed by atoms with Crippen molar-refractivity contribution in [1.29, 1.82) is 0 Å². The highest BCUT2D eigenvalue weighted by Crippen LogP contribution is 2.30. The van der Waals surface area contributed by atoms with Gasteiger partial charge in [0.15, 0.2) is 4.34 Å². The third-order valence-corrected chi connectivity index (χ3v) is 6.18. The highest BCUT2D eigenvalue weighted by molar-refractivity contribution is 8.01. The van der Waals surface area contributed by atoms with Crippen molar-refractivity contribution < 1.29 is 18.0 Å². The molecule has 3 rings (SSSR count). The number of amides is 1. The van der Waals surface area contributed by atoms with Crippen LogP contribution < -0.4 is 5.32 Å². The molecule has 0 fully saturated rings. The molecule has 0 saturated carbocycles. The van der Waals surface area contributed by atoms with Gasteiger partial charge in [-0.25, -0.2) is 0 Å². The Kier molecular flexibility index (Phi) is 7.33. The van der Waals surface area contributed by atoms with E-state index in [4.69, 9.17) is 0 Å². The monoisotopic (exact) mass is 452 g/mol. The van der Waals surface area contributed by atoms with Crippen molar-refractivity contribution in [2.24, 2.45) is 0 Å². The van der Waals surface area contributed by atoms with Gasteiger partial charge in [0.2, 0.25) is 11.0 Å². The van der Waals surface area contributed by atoms with Crippen LogP contribution in [0.4, 0.5) is 18.3 Å². The first kappa shape index (κ1) is 22.1. The molecule has 10 heteroatoms. The van der Waals surface area contributed by atoms with Crippen LogP contribution in [0.25, 0.3) is 0 Å². The molecule has 2 aromatic carbocycles. The average molecular weight is 453 g/mol. The quantitative estimate of drug-likeness (QED) is 0.495. The van der Waals surface area contributed by atoms with Crippen molar-refractivity contribution in [1.82, 2.24) is 15.1 Å². The van der Waals surface area contributed by atoms with Gasteiger partial charge in [-0.05, 0) is 11.1 Å². The van der Waals surface area contributed by atoms with Crippen molar-refractivity contribution in [3.8, 4) is 0 Å². The van der Waals surface area contributed by atoms with Crippen LogP contribution in [-0.4, -0.2) is 46.5 Å². The Morgan fingerprint density at radius 3 is 2.17 bits per heavy atom. The number of thioether (sulfide) groups is 1. The highest BCUT2D eigenvalue weighted by atomic mass is 32.2. The van der Waals surface area contributed by atoms with Crippen molar-refractivity contribution in [3.05, 3.63) is 71.8 Å². The van der Waals surface area contributed by atoms with Crippen LogP contribution in [-0.2, 0) is 4.79 Å². The van der Waals surface area contributed by atoms with Gasteiger partial charge in [0.1, 0.15) is 6.54 Å². The lowest BCUT2D eigenvalue weighted by atomic mass is 9.97. The second-order valence-corrected chi connectivity index (χ2v) is 8.56. The molecule has 1 heterocycles. The van der Waals surface area contributed by atoms with Gasteiger partial charge in [-0.2, -0.15) is 13.2 Å². The zero-order chi connectivity index (χ0) is 21.6. The van der Waals surface area contributed by atoms with Gasteiger partial charge in [0.05, 0.1) is 11.8 Å². The molecule has 1 aromatic heterocycles. The van der Waals surface area contributed by atoms with E-state index in [1.54, 1.807) is 11.9 Å². The topological polar surface area (TPSA) is 58.1 Å². The SMILES string of the molecule is CN(C(=O)CSc1nnc(NCC(F)(F)F)s1)C(c1ccccc1)c1ccccc1. The van der Waals surface area contributed by atoms with E-state index < -0.39 is 12.7 Å². The zero-order valence-corrected chi connectivity index (χ0v) is 17.6. The van der Waals surface area contributed by atoms with Crippen LogP contribution in [0, 0.1) is 0 Å². The summed E-state index contributed by atoms with van der Waals surface area (Å²) < 4.78 is 37.3. The molecule has 0 unspecified atom stereocenters. The summed E-state index contributed by atoms with van der Waals surface area (Å²) in [5.41, 5.74) is 1.97. The Hall–Kier alpha value is -2.59. The lowest BCUT2D eigenvalue weighted by Crippen LogP contribution is -2.33. The molecule has 0 radical (unpaired) electrons. The van der Waals surface area contributed by atoms with Crippen molar-refractivity contribution in [3.63, 3.8) is 0 Å². The van der Waals surface area contributed by atoms with Gasteiger partial charge in [0.25, 0.3) is 0 Å². The number of benzene rings is 2. The number of anilines is 1. The Morgan fingerprint density at radius 2 is 1.63 bits per heavy atom. The van der Waals surface area contributed by atoms with Crippen molar-refractivity contribution >= 4 is 34.1 Å². The number of aromatic nitrogens is 2. The summed E-state index contributed by atoms with van der Waals surface area (Å²) in [5.74, 6) is -0.0293. The Bertz CT molecular complexity index is 912. The number of hydrogen-bond donors (Lipinski definition) is 1. The van der Waals surface area contributed by atoms with Crippen LogP contribution in [0.2, 0.25) is 0 Å². The van der Waals surface area contributed by atoms with Crippen LogP contribution in [0.5, 0.6) is 0 Å². The predicted octanol–water partition coefficient (Wildman–Crippen LogP) is 4.85. The molecular formula is C20H19F3N4OS2. The number of nitrogens with one attached hydrogen (secondary N) is 1. The summed E-state index contributed by atoms with van der Waals surface area (Å²) in [7, 11) is 1.74. The van der Waals surface area contributed by atoms with Crippen LogP contribution in [0.1, 0.15) is 17.2 Å². The van der Waals surface area contributed by atoms with E-state index in [2.05, 4.69) is 15.5 Å². The smallest absolute Gasteiger partial charge is 0.351 e. The molecule has 0 aliphatic heterocycles. The van der Waals surface area contributed by atoms with E-state index in [9.17, 15) is 18.0 Å². The van der Waals surface area contributed by atoms with Gasteiger partial charge in [0, 0.05) is 7.05 Å². The molecule has 0 atom stereocenters. The Morgan fingerprint density at radius 1 is 1.07 bits per heavy atom. The number of nitrogens with zero attached hydrogens (tertiary/aromatic N) is 3. The number of halogens is 3. The maximum Gasteiger partial charge on any atom is 0.405 e. The second kappa shape index (κ2) is 9.94. The Balaban J connectivity index is 1.66. The number of carbonyl (C=O) groups is 1. The summed E-state index contributed by atoms with van der Waals surface area (Å²) in [5, 5.41) is 9.78. The highest BCUT2D eigenvalue weighted by Gasteiger charge is 2.27. The summed E-state index contributed by atoms with van der Waals surface area (Å²) in [6.45, 7) is -1.18. The van der Waals surface area contributed by atoms with E-state index in [1.807, 2.05) is 60.7 Å². The number of alkyl halides is 3. The van der Waals surface area contributed by atoms with Gasteiger partial charge < -0.3 is 10.2 Å². The molecule has 0 spiro atoms. The van der Waals surface area contributed by atoms with E-state index in [0.717, 1.165) is 34.2 Å². The standard InChI is InChI=1S/C20H19F3N4OS2/c1-27(17(14-8-4-2-5-9-14)15-10-6-3-7-11-15)16(28)12-29-19-26-25-18(30-19)24-13-20(21,22)23/h2-11,17H,12-13H2,1H3,(H,24,25). The van der Waals surface area contributed by atoms with E-state index in [1.165, 1.54) is 0 Å². The first-order chi connectivity index (χ1) is 14.3. The molecule has 0 aliphatic rings. The fraction of sp³-hybridized carbons (Fsp3) is 0.250. The van der Waals surface area contributed by atoms with Crippen LogP contribution >= 0.6 is 23.1 Å². The van der Waals surface area contributed by atoms with Crippen molar-refractivity contribution in [2.75, 3.05) is 24.7 Å². The fourth-order valence-corrected chi connectivity index (χ4v) is 4.47.